The summed E-state index contributed by atoms with van der Waals surface area (Å²) in [7, 11) is -5.77. The zero-order valence-electron chi connectivity index (χ0n) is 8.23. The second-order valence-corrected chi connectivity index (χ2v) is 5.36. The van der Waals surface area contributed by atoms with E-state index in [4.69, 9.17) is 17.3 Å². The summed E-state index contributed by atoms with van der Waals surface area (Å²) < 4.78 is 59.0. The molecule has 0 aliphatic rings. The van der Waals surface area contributed by atoms with Gasteiger partial charge in [-0.3, -0.25) is 10.1 Å². The van der Waals surface area contributed by atoms with Gasteiger partial charge in [0.25, 0.3) is 15.5 Å². The Labute approximate surface area is 103 Å². The third-order valence-corrected chi connectivity index (χ3v) is 3.82. The molecule has 0 radical (unpaired) electrons. The number of nitrogens with two attached hydrogens (primary N) is 1. The van der Waals surface area contributed by atoms with Crippen LogP contribution in [0.15, 0.2) is 17.0 Å². The maximum Gasteiger partial charge on any atom is 0.501 e. The summed E-state index contributed by atoms with van der Waals surface area (Å²) in [6.07, 6.45) is 0. The summed E-state index contributed by atoms with van der Waals surface area (Å²) >= 11 is 5.31. The molecule has 0 unspecified atom stereocenters. The zero-order chi connectivity index (χ0) is 14.3. The summed E-state index contributed by atoms with van der Waals surface area (Å²) in [6.45, 7) is 0. The summed E-state index contributed by atoms with van der Waals surface area (Å²) in [5.41, 5.74) is -1.98. The molecule has 18 heavy (non-hydrogen) atoms. The highest BCUT2D eigenvalue weighted by molar-refractivity contribution is 7.92. The van der Waals surface area contributed by atoms with E-state index in [1.807, 2.05) is 0 Å². The van der Waals surface area contributed by atoms with Gasteiger partial charge in [0.05, 0.1) is 9.95 Å². The van der Waals surface area contributed by atoms with Crippen molar-refractivity contribution < 1.29 is 26.5 Å². The molecule has 100 valence electrons. The SMILES string of the molecule is Nc1cc(Cl)c(S(=O)(=O)C(F)(F)F)cc1[N+](=O)[O-]. The van der Waals surface area contributed by atoms with Crippen LogP contribution in [0.1, 0.15) is 0 Å². The highest BCUT2D eigenvalue weighted by atomic mass is 35.5. The number of halogens is 4. The Morgan fingerprint density at radius 1 is 1.33 bits per heavy atom. The molecule has 1 aromatic rings. The first-order chi connectivity index (χ1) is 7.98. The Balaban J connectivity index is 3.63. The van der Waals surface area contributed by atoms with Gasteiger partial charge in [-0.15, -0.1) is 0 Å². The van der Waals surface area contributed by atoms with Crippen molar-refractivity contribution in [1.29, 1.82) is 0 Å². The molecular weight excluding hydrogens is 301 g/mol. The van der Waals surface area contributed by atoms with E-state index < -0.39 is 41.6 Å². The second kappa shape index (κ2) is 4.28. The van der Waals surface area contributed by atoms with Gasteiger partial charge >= 0.3 is 5.51 Å². The molecule has 0 aliphatic heterocycles. The van der Waals surface area contributed by atoms with Gasteiger partial charge in [-0.1, -0.05) is 11.6 Å². The topological polar surface area (TPSA) is 103 Å². The van der Waals surface area contributed by atoms with Crippen LogP contribution in [0.4, 0.5) is 24.5 Å². The van der Waals surface area contributed by atoms with Crippen molar-refractivity contribution in [3.05, 3.63) is 27.3 Å². The van der Waals surface area contributed by atoms with Crippen LogP contribution in [0.2, 0.25) is 5.02 Å². The van der Waals surface area contributed by atoms with E-state index in [-0.39, 0.29) is 6.07 Å². The van der Waals surface area contributed by atoms with Crippen LogP contribution < -0.4 is 5.73 Å². The minimum absolute atomic E-state index is 0.181. The first-order valence-corrected chi connectivity index (χ1v) is 5.89. The Kier molecular flexibility index (Phi) is 3.45. The average molecular weight is 305 g/mol. The fourth-order valence-corrected chi connectivity index (χ4v) is 2.36. The Hall–Kier alpha value is -1.55. The van der Waals surface area contributed by atoms with Crippen molar-refractivity contribution in [2.24, 2.45) is 0 Å². The van der Waals surface area contributed by atoms with E-state index >= 15 is 0 Å². The predicted octanol–water partition coefficient (Wildman–Crippen LogP) is 2.12. The van der Waals surface area contributed by atoms with Crippen molar-refractivity contribution in [1.82, 2.24) is 0 Å². The first-order valence-electron chi connectivity index (χ1n) is 4.03. The lowest BCUT2D eigenvalue weighted by Crippen LogP contribution is -2.23. The minimum atomic E-state index is -5.77. The third kappa shape index (κ3) is 2.34. The summed E-state index contributed by atoms with van der Waals surface area (Å²) in [5.74, 6) is 0. The maximum atomic E-state index is 12.3. The van der Waals surface area contributed by atoms with Crippen molar-refractivity contribution in [2.45, 2.75) is 10.4 Å². The molecular formula is C7H4ClF3N2O4S. The van der Waals surface area contributed by atoms with Gasteiger partial charge in [-0.2, -0.15) is 13.2 Å². The molecule has 0 heterocycles. The summed E-state index contributed by atoms with van der Waals surface area (Å²) in [4.78, 5) is 7.95. The van der Waals surface area contributed by atoms with Gasteiger partial charge in [0.1, 0.15) is 10.6 Å². The molecule has 0 atom stereocenters. The van der Waals surface area contributed by atoms with E-state index in [1.165, 1.54) is 0 Å². The van der Waals surface area contributed by atoms with E-state index in [9.17, 15) is 31.7 Å². The normalized spacial score (nSPS) is 12.4. The van der Waals surface area contributed by atoms with E-state index in [0.29, 0.717) is 6.07 Å². The van der Waals surface area contributed by atoms with Crippen LogP contribution >= 0.6 is 11.6 Å². The lowest BCUT2D eigenvalue weighted by atomic mass is 10.3. The fraction of sp³-hybridized carbons (Fsp3) is 0.143. The van der Waals surface area contributed by atoms with Gasteiger partial charge in [0, 0.05) is 6.07 Å². The quantitative estimate of drug-likeness (QED) is 0.512. The Bertz CT molecular complexity index is 614. The highest BCUT2D eigenvalue weighted by Crippen LogP contribution is 2.38. The van der Waals surface area contributed by atoms with Crippen LogP contribution in [-0.2, 0) is 9.84 Å². The number of hydrogen-bond acceptors (Lipinski definition) is 5. The molecule has 0 fully saturated rings. The first kappa shape index (κ1) is 14.5. The number of alkyl halides is 3. The van der Waals surface area contributed by atoms with Crippen molar-refractivity contribution in [2.75, 3.05) is 5.73 Å². The highest BCUT2D eigenvalue weighted by Gasteiger charge is 2.48. The fourth-order valence-electron chi connectivity index (χ4n) is 1.05. The van der Waals surface area contributed by atoms with Crippen LogP contribution in [0.5, 0.6) is 0 Å². The number of rotatable bonds is 2. The lowest BCUT2D eigenvalue weighted by molar-refractivity contribution is -0.384. The average Bonchev–Trinajstić information content (AvgIpc) is 2.14. The molecule has 0 saturated carbocycles. The maximum absolute atomic E-state index is 12.3. The van der Waals surface area contributed by atoms with Crippen LogP contribution in [0.25, 0.3) is 0 Å². The second-order valence-electron chi connectivity index (χ2n) is 3.05. The van der Waals surface area contributed by atoms with Crippen molar-refractivity contribution in [3.8, 4) is 0 Å². The number of nitrogens with zero attached hydrogens (tertiary/aromatic N) is 1. The number of nitro benzene ring substituents is 1. The molecule has 0 amide bonds. The zero-order valence-corrected chi connectivity index (χ0v) is 9.80. The predicted molar refractivity (Wildman–Crippen MR) is 55.8 cm³/mol. The van der Waals surface area contributed by atoms with Crippen LogP contribution in [0.3, 0.4) is 0 Å². The largest absolute Gasteiger partial charge is 0.501 e. The minimum Gasteiger partial charge on any atom is -0.393 e. The van der Waals surface area contributed by atoms with E-state index in [0.717, 1.165) is 0 Å². The van der Waals surface area contributed by atoms with E-state index in [1.54, 1.807) is 0 Å². The number of nitrogen functional groups attached to an aromatic ring is 1. The van der Waals surface area contributed by atoms with Gasteiger partial charge in [0.15, 0.2) is 0 Å². The smallest absolute Gasteiger partial charge is 0.393 e. The Morgan fingerprint density at radius 2 is 1.83 bits per heavy atom. The van der Waals surface area contributed by atoms with Gasteiger partial charge in [0.2, 0.25) is 0 Å². The monoisotopic (exact) mass is 304 g/mol. The molecule has 0 aliphatic carbocycles. The number of sulfone groups is 1. The van der Waals surface area contributed by atoms with Gasteiger partial charge < -0.3 is 5.73 Å². The van der Waals surface area contributed by atoms with E-state index in [2.05, 4.69) is 0 Å². The van der Waals surface area contributed by atoms with Gasteiger partial charge in [-0.25, -0.2) is 8.42 Å². The number of anilines is 1. The molecule has 6 nitrogen and oxygen atoms in total. The van der Waals surface area contributed by atoms with Gasteiger partial charge in [-0.05, 0) is 6.07 Å². The lowest BCUT2D eigenvalue weighted by Gasteiger charge is -2.10. The molecule has 0 saturated heterocycles. The summed E-state index contributed by atoms with van der Waals surface area (Å²) in [6, 6.07) is 0.763. The summed E-state index contributed by atoms with van der Waals surface area (Å²) in [5, 5.41) is 9.63. The Morgan fingerprint density at radius 3 is 2.22 bits per heavy atom. The van der Waals surface area contributed by atoms with Crippen molar-refractivity contribution in [3.63, 3.8) is 0 Å². The van der Waals surface area contributed by atoms with Crippen LogP contribution in [0, 0.1) is 10.1 Å². The number of hydrogen-bond donors (Lipinski definition) is 1. The molecule has 0 aromatic heterocycles. The molecule has 2 N–H and O–H groups in total. The molecule has 0 spiro atoms. The molecule has 1 aromatic carbocycles. The molecule has 11 heteroatoms. The van der Waals surface area contributed by atoms with Crippen molar-refractivity contribution >= 4 is 32.8 Å². The standard InChI is InChI=1S/C7H4ClF3N2O4S/c8-3-1-4(12)5(13(14)15)2-6(3)18(16,17)7(9,10)11/h1-2H,12H2. The molecule has 0 bridgehead atoms. The van der Waals surface area contributed by atoms with Crippen LogP contribution in [-0.4, -0.2) is 18.8 Å². The molecule has 1 rings (SSSR count). The third-order valence-electron chi connectivity index (χ3n) is 1.87. The number of benzene rings is 1. The number of nitro groups is 1.